The molecule has 0 aliphatic heterocycles. The number of aryl methyl sites for hydroxylation is 1. The fourth-order valence-corrected chi connectivity index (χ4v) is 4.90. The summed E-state index contributed by atoms with van der Waals surface area (Å²) in [7, 11) is 0. The normalized spacial score (nSPS) is 21.9. The summed E-state index contributed by atoms with van der Waals surface area (Å²) in [6.07, 6.45) is 11.3. The molecule has 1 fully saturated rings. The molecule has 0 aromatic heterocycles. The molecule has 3 nitrogen and oxygen atoms in total. The smallest absolute Gasteiger partial charge is 0.258 e. The van der Waals surface area contributed by atoms with Gasteiger partial charge in [-0.15, -0.1) is 0 Å². The topological polar surface area (TPSA) is 43.1 Å². The van der Waals surface area contributed by atoms with Crippen molar-refractivity contribution in [1.29, 1.82) is 0 Å². The molecule has 0 saturated heterocycles. The van der Waals surface area contributed by atoms with Crippen LogP contribution < -0.4 is 0 Å². The quantitative estimate of drug-likeness (QED) is 0.419. The van der Waals surface area contributed by atoms with Gasteiger partial charge in [0.05, 0.1) is 10.5 Å². The summed E-state index contributed by atoms with van der Waals surface area (Å²) in [5, 5.41) is 11.3. The second-order valence-electron chi connectivity index (χ2n) is 8.25. The van der Waals surface area contributed by atoms with Gasteiger partial charge in [0, 0.05) is 6.07 Å². The Labute approximate surface area is 166 Å². The predicted molar refractivity (Wildman–Crippen MR) is 114 cm³/mol. The first-order valence-corrected chi connectivity index (χ1v) is 10.3. The minimum atomic E-state index is -0.277. The zero-order valence-electron chi connectivity index (χ0n) is 16.4. The number of hydrogen-bond donors (Lipinski definition) is 0. The maximum absolute atomic E-state index is 11.3. The van der Waals surface area contributed by atoms with E-state index in [1.54, 1.807) is 12.1 Å². The molecule has 0 atom stereocenters. The number of nitrogens with zero attached hydrogens (tertiary/aromatic N) is 1. The molecule has 0 bridgehead atoms. The van der Waals surface area contributed by atoms with Gasteiger partial charge in [0.1, 0.15) is 0 Å². The number of para-hydroxylation sites is 1. The zero-order valence-corrected chi connectivity index (χ0v) is 16.4. The van der Waals surface area contributed by atoms with Gasteiger partial charge in [-0.3, -0.25) is 10.1 Å². The molecule has 4 rings (SSSR count). The van der Waals surface area contributed by atoms with Crippen molar-refractivity contribution in [2.75, 3.05) is 0 Å². The van der Waals surface area contributed by atoms with Gasteiger partial charge in [-0.2, -0.15) is 0 Å². The lowest BCUT2D eigenvalue weighted by Crippen LogP contribution is -2.14. The molecule has 0 radical (unpaired) electrons. The van der Waals surface area contributed by atoms with Crippen LogP contribution in [-0.2, 0) is 0 Å². The van der Waals surface area contributed by atoms with Gasteiger partial charge in [0.15, 0.2) is 0 Å². The maximum Gasteiger partial charge on any atom is 0.276 e. The van der Waals surface area contributed by atoms with E-state index in [0.29, 0.717) is 5.92 Å². The Morgan fingerprint density at radius 3 is 2.43 bits per heavy atom. The number of benzene rings is 2. The average Bonchev–Trinajstić information content (AvgIpc) is 3.17. The summed E-state index contributed by atoms with van der Waals surface area (Å²) >= 11 is 0. The summed E-state index contributed by atoms with van der Waals surface area (Å²) in [5.74, 6) is 1.45. The van der Waals surface area contributed by atoms with Gasteiger partial charge < -0.3 is 0 Å². The van der Waals surface area contributed by atoms with E-state index >= 15 is 0 Å². The average molecular weight is 373 g/mol. The second-order valence-corrected chi connectivity index (χ2v) is 8.25. The van der Waals surface area contributed by atoms with Crippen LogP contribution in [0.25, 0.3) is 5.57 Å². The van der Waals surface area contributed by atoms with Gasteiger partial charge in [-0.05, 0) is 80.1 Å². The van der Waals surface area contributed by atoms with Crippen LogP contribution in [0.15, 0.2) is 66.3 Å². The number of allylic oxidation sites excluding steroid dienone is 4. The van der Waals surface area contributed by atoms with Crippen molar-refractivity contribution in [2.24, 2.45) is 5.92 Å². The highest BCUT2D eigenvalue weighted by Crippen LogP contribution is 2.42. The summed E-state index contributed by atoms with van der Waals surface area (Å²) in [6.45, 7) is 2.22. The third kappa shape index (κ3) is 3.94. The highest BCUT2D eigenvalue weighted by molar-refractivity contribution is 5.77. The van der Waals surface area contributed by atoms with E-state index in [9.17, 15) is 10.1 Å². The number of rotatable bonds is 5. The molecule has 1 saturated carbocycles. The van der Waals surface area contributed by atoms with E-state index in [4.69, 9.17) is 0 Å². The summed E-state index contributed by atoms with van der Waals surface area (Å²) < 4.78 is 0. The van der Waals surface area contributed by atoms with Crippen molar-refractivity contribution < 1.29 is 4.92 Å². The van der Waals surface area contributed by atoms with E-state index < -0.39 is 0 Å². The van der Waals surface area contributed by atoms with Crippen LogP contribution in [0.4, 0.5) is 5.69 Å². The van der Waals surface area contributed by atoms with Gasteiger partial charge in [0.25, 0.3) is 5.69 Å². The van der Waals surface area contributed by atoms with Gasteiger partial charge in [-0.1, -0.05) is 54.1 Å². The van der Waals surface area contributed by atoms with Crippen LogP contribution in [0.2, 0.25) is 0 Å². The fraction of sp³-hybridized carbons (Fsp3) is 0.360. The SMILES string of the molecule is Cc1ccccc1C1CCC(CC2=CC=C(c3ccccc3[N+](=O)[O-])C2)CC1. The first-order chi connectivity index (χ1) is 13.6. The van der Waals surface area contributed by atoms with E-state index in [-0.39, 0.29) is 10.6 Å². The molecule has 3 heteroatoms. The predicted octanol–water partition coefficient (Wildman–Crippen LogP) is 6.98. The Kier molecular flexibility index (Phi) is 5.43. The Bertz CT molecular complexity index is 933. The molecule has 0 N–H and O–H groups in total. The molecule has 0 spiro atoms. The molecule has 0 amide bonds. The van der Waals surface area contributed by atoms with Crippen molar-refractivity contribution in [1.82, 2.24) is 0 Å². The maximum atomic E-state index is 11.3. The summed E-state index contributed by atoms with van der Waals surface area (Å²) in [5.41, 5.74) is 6.43. The lowest BCUT2D eigenvalue weighted by atomic mass is 9.75. The Balaban J connectivity index is 1.33. The minimum Gasteiger partial charge on any atom is -0.258 e. The number of nitro groups is 1. The lowest BCUT2D eigenvalue weighted by Gasteiger charge is -2.30. The Hall–Kier alpha value is -2.68. The second kappa shape index (κ2) is 8.14. The molecule has 2 aromatic rings. The third-order valence-corrected chi connectivity index (χ3v) is 6.41. The van der Waals surface area contributed by atoms with E-state index in [1.165, 1.54) is 42.4 Å². The molecular formula is C25H27NO2. The first kappa shape index (κ1) is 18.7. The van der Waals surface area contributed by atoms with Crippen LogP contribution in [0.3, 0.4) is 0 Å². The molecule has 0 unspecified atom stereocenters. The fourth-order valence-electron chi connectivity index (χ4n) is 4.90. The molecule has 2 aromatic carbocycles. The molecule has 2 aliphatic rings. The minimum absolute atomic E-state index is 0.210. The van der Waals surface area contributed by atoms with Crippen LogP contribution in [-0.4, -0.2) is 4.92 Å². The molecule has 0 heterocycles. The van der Waals surface area contributed by atoms with Gasteiger partial charge >= 0.3 is 0 Å². The third-order valence-electron chi connectivity index (χ3n) is 6.41. The lowest BCUT2D eigenvalue weighted by molar-refractivity contribution is -0.385. The molecule has 144 valence electrons. The van der Waals surface area contributed by atoms with Crippen molar-refractivity contribution in [3.8, 4) is 0 Å². The molecule has 28 heavy (non-hydrogen) atoms. The zero-order chi connectivity index (χ0) is 19.5. The largest absolute Gasteiger partial charge is 0.276 e. The van der Waals surface area contributed by atoms with Crippen molar-refractivity contribution >= 4 is 11.3 Å². The van der Waals surface area contributed by atoms with Crippen LogP contribution >= 0.6 is 0 Å². The standard InChI is InChI=1S/C25H27NO2/c1-18-6-2-3-7-23(18)21-13-10-19(11-14-21)16-20-12-15-22(17-20)24-8-4-5-9-25(24)26(27)28/h2-9,12,15,19,21H,10-11,13-14,16-17H2,1H3. The van der Waals surface area contributed by atoms with Crippen molar-refractivity contribution in [2.45, 2.75) is 51.4 Å². The molecule has 2 aliphatic carbocycles. The molecular weight excluding hydrogens is 346 g/mol. The monoisotopic (exact) mass is 373 g/mol. The van der Waals surface area contributed by atoms with Crippen LogP contribution in [0, 0.1) is 23.0 Å². The van der Waals surface area contributed by atoms with Crippen molar-refractivity contribution in [3.05, 3.63) is 93.1 Å². The van der Waals surface area contributed by atoms with E-state index in [0.717, 1.165) is 29.9 Å². The van der Waals surface area contributed by atoms with Gasteiger partial charge in [-0.25, -0.2) is 0 Å². The first-order valence-electron chi connectivity index (χ1n) is 10.3. The number of hydrogen-bond acceptors (Lipinski definition) is 2. The Morgan fingerprint density at radius 2 is 1.68 bits per heavy atom. The van der Waals surface area contributed by atoms with Crippen LogP contribution in [0.5, 0.6) is 0 Å². The van der Waals surface area contributed by atoms with Gasteiger partial charge in [0.2, 0.25) is 0 Å². The summed E-state index contributed by atoms with van der Waals surface area (Å²) in [4.78, 5) is 11.0. The highest BCUT2D eigenvalue weighted by Gasteiger charge is 2.25. The van der Waals surface area contributed by atoms with E-state index in [2.05, 4.69) is 43.3 Å². The van der Waals surface area contributed by atoms with E-state index in [1.807, 2.05) is 12.1 Å². The van der Waals surface area contributed by atoms with Crippen molar-refractivity contribution in [3.63, 3.8) is 0 Å². The Morgan fingerprint density at radius 1 is 0.964 bits per heavy atom. The number of nitro benzene ring substituents is 1. The summed E-state index contributed by atoms with van der Waals surface area (Å²) in [6, 6.07) is 15.9. The highest BCUT2D eigenvalue weighted by atomic mass is 16.6. The van der Waals surface area contributed by atoms with Crippen LogP contribution in [0.1, 0.15) is 61.1 Å².